The number of carbonyl (C=O) groups is 1. The van der Waals surface area contributed by atoms with Crippen molar-refractivity contribution in [3.8, 4) is 0 Å². The van der Waals surface area contributed by atoms with E-state index in [0.29, 0.717) is 30.1 Å². The van der Waals surface area contributed by atoms with Crippen molar-refractivity contribution in [1.29, 1.82) is 0 Å². The van der Waals surface area contributed by atoms with E-state index in [4.69, 9.17) is 4.52 Å². The molecule has 1 unspecified atom stereocenters. The Labute approximate surface area is 147 Å². The van der Waals surface area contributed by atoms with E-state index >= 15 is 0 Å². The van der Waals surface area contributed by atoms with Gasteiger partial charge in [0.25, 0.3) is 0 Å². The summed E-state index contributed by atoms with van der Waals surface area (Å²) < 4.78 is 33.2. The normalized spacial score (nSPS) is 18.4. The molecule has 0 radical (unpaired) electrons. The van der Waals surface area contributed by atoms with Gasteiger partial charge in [-0.3, -0.25) is 4.79 Å². The zero-order chi connectivity index (χ0) is 18.2. The molecule has 0 saturated carbocycles. The number of nitrogens with one attached hydrogen (secondary N) is 1. The van der Waals surface area contributed by atoms with Crippen LogP contribution >= 0.6 is 0 Å². The third kappa shape index (κ3) is 3.45. The van der Waals surface area contributed by atoms with Crippen molar-refractivity contribution in [2.75, 3.05) is 11.9 Å². The number of amides is 1. The fraction of sp³-hybridized carbons (Fsp3) is 0.412. The van der Waals surface area contributed by atoms with Crippen LogP contribution in [0, 0.1) is 13.8 Å². The Kier molecular flexibility index (Phi) is 4.66. The van der Waals surface area contributed by atoms with Crippen LogP contribution in [0.25, 0.3) is 0 Å². The maximum absolute atomic E-state index is 13.3. The van der Waals surface area contributed by atoms with Crippen molar-refractivity contribution in [3.63, 3.8) is 0 Å². The lowest BCUT2D eigenvalue weighted by atomic mass is 10.1. The summed E-state index contributed by atoms with van der Waals surface area (Å²) in [4.78, 5) is 11.6. The molecule has 0 spiro atoms. The van der Waals surface area contributed by atoms with Gasteiger partial charge in [0.05, 0.1) is 11.7 Å². The minimum Gasteiger partial charge on any atom is -0.361 e. The van der Waals surface area contributed by atoms with E-state index in [9.17, 15) is 13.2 Å². The number of aromatic nitrogens is 1. The highest BCUT2D eigenvalue weighted by molar-refractivity contribution is 7.89. The molecule has 0 bridgehead atoms. The number of benzene rings is 1. The summed E-state index contributed by atoms with van der Waals surface area (Å²) >= 11 is 0. The van der Waals surface area contributed by atoms with Crippen LogP contribution in [0.3, 0.4) is 0 Å². The standard InChI is InChI=1S/C17H21N3O4S/c1-11-6-7-14(18-13(3)21)17(9-11)25(22,23)20-8-4-5-16(20)15-10-12(2)24-19-15/h6-7,9-10,16H,4-5,8H2,1-3H3,(H,18,21). The van der Waals surface area contributed by atoms with Gasteiger partial charge in [-0.1, -0.05) is 11.2 Å². The van der Waals surface area contributed by atoms with Gasteiger partial charge in [0.2, 0.25) is 15.9 Å². The predicted octanol–water partition coefficient (Wildman–Crippen LogP) is 2.78. The number of anilines is 1. The first-order valence-corrected chi connectivity index (χ1v) is 9.56. The van der Waals surface area contributed by atoms with Gasteiger partial charge in [-0.15, -0.1) is 0 Å². The Morgan fingerprint density at radius 3 is 2.72 bits per heavy atom. The summed E-state index contributed by atoms with van der Waals surface area (Å²) in [5, 5.41) is 6.60. The molecule has 134 valence electrons. The number of sulfonamides is 1. The van der Waals surface area contributed by atoms with Crippen molar-refractivity contribution in [3.05, 3.63) is 41.3 Å². The van der Waals surface area contributed by atoms with Crippen LogP contribution in [0.2, 0.25) is 0 Å². The van der Waals surface area contributed by atoms with Crippen molar-refractivity contribution in [2.24, 2.45) is 0 Å². The molecule has 1 atom stereocenters. The average Bonchev–Trinajstić information content (AvgIpc) is 3.17. The number of hydrogen-bond donors (Lipinski definition) is 1. The van der Waals surface area contributed by atoms with E-state index < -0.39 is 10.0 Å². The summed E-state index contributed by atoms with van der Waals surface area (Å²) in [6.45, 7) is 5.36. The summed E-state index contributed by atoms with van der Waals surface area (Å²) in [6.07, 6.45) is 1.43. The van der Waals surface area contributed by atoms with E-state index in [1.54, 1.807) is 31.2 Å². The molecule has 7 nitrogen and oxygen atoms in total. The average molecular weight is 363 g/mol. The topological polar surface area (TPSA) is 92.5 Å². The van der Waals surface area contributed by atoms with Crippen LogP contribution in [0.5, 0.6) is 0 Å². The largest absolute Gasteiger partial charge is 0.361 e. The molecule has 2 heterocycles. The second kappa shape index (κ2) is 6.61. The van der Waals surface area contributed by atoms with Gasteiger partial charge < -0.3 is 9.84 Å². The van der Waals surface area contributed by atoms with Crippen LogP contribution < -0.4 is 5.32 Å². The van der Waals surface area contributed by atoms with E-state index in [1.807, 2.05) is 6.92 Å². The predicted molar refractivity (Wildman–Crippen MR) is 92.6 cm³/mol. The van der Waals surface area contributed by atoms with Crippen LogP contribution in [0.1, 0.15) is 42.8 Å². The molecule has 25 heavy (non-hydrogen) atoms. The maximum atomic E-state index is 13.3. The van der Waals surface area contributed by atoms with Gasteiger partial charge in [0.1, 0.15) is 16.3 Å². The zero-order valence-electron chi connectivity index (χ0n) is 14.4. The third-order valence-corrected chi connectivity index (χ3v) is 6.17. The lowest BCUT2D eigenvalue weighted by molar-refractivity contribution is -0.114. The van der Waals surface area contributed by atoms with E-state index in [1.165, 1.54) is 11.2 Å². The van der Waals surface area contributed by atoms with Crippen molar-refractivity contribution in [2.45, 2.75) is 44.6 Å². The second-order valence-corrected chi connectivity index (χ2v) is 8.18. The highest BCUT2D eigenvalue weighted by Gasteiger charge is 2.39. The molecule has 1 N–H and O–H groups in total. The van der Waals surface area contributed by atoms with Gasteiger partial charge in [0.15, 0.2) is 0 Å². The van der Waals surface area contributed by atoms with E-state index in [2.05, 4.69) is 10.5 Å². The van der Waals surface area contributed by atoms with Gasteiger partial charge in [-0.2, -0.15) is 4.31 Å². The molecule has 0 aliphatic carbocycles. The van der Waals surface area contributed by atoms with E-state index in [-0.39, 0.29) is 16.8 Å². The SMILES string of the molecule is CC(=O)Nc1ccc(C)cc1S(=O)(=O)N1CCCC1c1cc(C)on1. The van der Waals surface area contributed by atoms with Crippen LogP contribution in [0.4, 0.5) is 5.69 Å². The van der Waals surface area contributed by atoms with Crippen molar-refractivity contribution in [1.82, 2.24) is 9.46 Å². The molecular formula is C17H21N3O4S. The first-order valence-electron chi connectivity index (χ1n) is 8.12. The fourth-order valence-electron chi connectivity index (χ4n) is 3.13. The van der Waals surface area contributed by atoms with E-state index in [0.717, 1.165) is 12.0 Å². The molecule has 8 heteroatoms. The third-order valence-electron chi connectivity index (χ3n) is 4.23. The lowest BCUT2D eigenvalue weighted by Crippen LogP contribution is -2.31. The Morgan fingerprint density at radius 2 is 2.08 bits per heavy atom. The zero-order valence-corrected chi connectivity index (χ0v) is 15.3. The molecule has 1 aliphatic heterocycles. The van der Waals surface area contributed by atoms with Gasteiger partial charge >= 0.3 is 0 Å². The van der Waals surface area contributed by atoms with Gasteiger partial charge in [0, 0.05) is 19.5 Å². The first-order chi connectivity index (χ1) is 11.8. The Morgan fingerprint density at radius 1 is 1.32 bits per heavy atom. The molecule has 1 aliphatic rings. The summed E-state index contributed by atoms with van der Waals surface area (Å²) in [5.41, 5.74) is 1.72. The minimum absolute atomic E-state index is 0.106. The van der Waals surface area contributed by atoms with Crippen LogP contribution in [-0.4, -0.2) is 30.3 Å². The first kappa shape index (κ1) is 17.6. The highest BCUT2D eigenvalue weighted by Crippen LogP contribution is 2.38. The molecule has 2 aromatic rings. The molecular weight excluding hydrogens is 342 g/mol. The quantitative estimate of drug-likeness (QED) is 0.902. The fourth-order valence-corrected chi connectivity index (χ4v) is 5.03. The molecule has 1 fully saturated rings. The lowest BCUT2D eigenvalue weighted by Gasteiger charge is -2.24. The Balaban J connectivity index is 2.04. The molecule has 1 saturated heterocycles. The van der Waals surface area contributed by atoms with Crippen LogP contribution in [0.15, 0.2) is 33.7 Å². The van der Waals surface area contributed by atoms with Gasteiger partial charge in [-0.25, -0.2) is 8.42 Å². The molecule has 1 aromatic carbocycles. The van der Waals surface area contributed by atoms with Gasteiger partial charge in [-0.05, 0) is 44.4 Å². The summed E-state index contributed by atoms with van der Waals surface area (Å²) in [5.74, 6) is 0.333. The number of aryl methyl sites for hydroxylation is 2. The monoisotopic (exact) mass is 363 g/mol. The second-order valence-electron chi connectivity index (χ2n) is 6.32. The molecule has 1 amide bonds. The number of nitrogens with zero attached hydrogens (tertiary/aromatic N) is 2. The van der Waals surface area contributed by atoms with Crippen LogP contribution in [-0.2, 0) is 14.8 Å². The number of carbonyl (C=O) groups excluding carboxylic acids is 1. The summed E-state index contributed by atoms with van der Waals surface area (Å²) in [7, 11) is -3.79. The number of hydrogen-bond acceptors (Lipinski definition) is 5. The Hall–Kier alpha value is -2.19. The highest BCUT2D eigenvalue weighted by atomic mass is 32.2. The minimum atomic E-state index is -3.79. The summed E-state index contributed by atoms with van der Waals surface area (Å²) in [6, 6.07) is 6.39. The number of rotatable bonds is 4. The Bertz CT molecular complexity index is 904. The van der Waals surface area contributed by atoms with Crippen molar-refractivity contribution < 1.29 is 17.7 Å². The van der Waals surface area contributed by atoms with Crippen molar-refractivity contribution >= 4 is 21.6 Å². The molecule has 3 rings (SSSR count). The molecule has 1 aromatic heterocycles. The smallest absolute Gasteiger partial charge is 0.245 e. The maximum Gasteiger partial charge on any atom is 0.245 e.